The van der Waals surface area contributed by atoms with Crippen LogP contribution in [0.15, 0.2) is 59.6 Å². The van der Waals surface area contributed by atoms with Gasteiger partial charge >= 0.3 is 0 Å². The summed E-state index contributed by atoms with van der Waals surface area (Å²) < 4.78 is 11.6. The summed E-state index contributed by atoms with van der Waals surface area (Å²) in [4.78, 5) is 4.29. The van der Waals surface area contributed by atoms with Crippen LogP contribution in [0.5, 0.6) is 5.75 Å². The van der Waals surface area contributed by atoms with Crippen molar-refractivity contribution in [1.82, 2.24) is 10.6 Å². The quantitative estimate of drug-likeness (QED) is 0.203. The van der Waals surface area contributed by atoms with Crippen molar-refractivity contribution < 1.29 is 14.6 Å². The Labute approximate surface area is 196 Å². The molecule has 0 aromatic heterocycles. The molecule has 0 bridgehead atoms. The maximum Gasteiger partial charge on any atom is 0.191 e. The number of aliphatic imine (C=N–C) groups is 1. The summed E-state index contributed by atoms with van der Waals surface area (Å²) in [5.74, 6) is 1.60. The number of ether oxygens (including phenoxy) is 2. The lowest BCUT2D eigenvalue weighted by molar-refractivity contribution is 0.127. The molecule has 6 nitrogen and oxygen atoms in total. The number of guanidine groups is 1. The number of nitrogens with one attached hydrogen (secondary N) is 2. The van der Waals surface area contributed by atoms with Gasteiger partial charge in [0.1, 0.15) is 12.4 Å². The Kier molecular flexibility index (Phi) is 10.4. The van der Waals surface area contributed by atoms with Gasteiger partial charge in [0, 0.05) is 37.8 Å². The van der Waals surface area contributed by atoms with Gasteiger partial charge in [-0.25, -0.2) is 0 Å². The van der Waals surface area contributed by atoms with Gasteiger partial charge in [-0.15, -0.1) is 24.0 Å². The molecule has 7 heteroatoms. The Bertz CT molecular complexity index is 780. The van der Waals surface area contributed by atoms with E-state index in [0.29, 0.717) is 19.8 Å². The molecule has 1 atom stereocenters. The maximum absolute atomic E-state index is 9.35. The largest absolute Gasteiger partial charge is 0.491 e. The van der Waals surface area contributed by atoms with Crippen molar-refractivity contribution in [2.24, 2.45) is 10.4 Å². The predicted octanol–water partition coefficient (Wildman–Crippen LogP) is 3.30. The molecule has 164 valence electrons. The number of benzene rings is 2. The molecule has 1 aliphatic heterocycles. The average molecular weight is 525 g/mol. The fraction of sp³-hybridized carbons (Fsp3) is 0.435. The van der Waals surface area contributed by atoms with Crippen LogP contribution in [0.4, 0.5) is 0 Å². The van der Waals surface area contributed by atoms with Gasteiger partial charge in [0.15, 0.2) is 5.96 Å². The van der Waals surface area contributed by atoms with Crippen molar-refractivity contribution in [2.45, 2.75) is 12.8 Å². The molecule has 0 aliphatic carbocycles. The molecule has 1 heterocycles. The molecule has 1 fully saturated rings. The number of rotatable bonds is 9. The summed E-state index contributed by atoms with van der Waals surface area (Å²) >= 11 is 0. The van der Waals surface area contributed by atoms with Gasteiger partial charge in [0.25, 0.3) is 0 Å². The number of aliphatic hydroxyl groups is 1. The van der Waals surface area contributed by atoms with Crippen LogP contribution in [0.25, 0.3) is 11.1 Å². The highest BCUT2D eigenvalue weighted by molar-refractivity contribution is 14.0. The van der Waals surface area contributed by atoms with Crippen LogP contribution in [0.1, 0.15) is 12.8 Å². The molecule has 0 amide bonds. The van der Waals surface area contributed by atoms with Crippen molar-refractivity contribution in [3.8, 4) is 16.9 Å². The molecule has 2 aromatic carbocycles. The van der Waals surface area contributed by atoms with E-state index < -0.39 is 0 Å². The third-order valence-electron chi connectivity index (χ3n) is 5.31. The first-order valence-electron chi connectivity index (χ1n) is 10.2. The molecule has 2 aromatic rings. The van der Waals surface area contributed by atoms with Crippen LogP contribution in [0, 0.1) is 5.41 Å². The molecule has 30 heavy (non-hydrogen) atoms. The second-order valence-corrected chi connectivity index (χ2v) is 7.34. The number of para-hydroxylation sites is 1. The first-order valence-corrected chi connectivity index (χ1v) is 10.2. The molecule has 0 saturated carbocycles. The van der Waals surface area contributed by atoms with Crippen LogP contribution >= 0.6 is 24.0 Å². The Morgan fingerprint density at radius 3 is 2.60 bits per heavy atom. The number of nitrogens with zero attached hydrogens (tertiary/aromatic N) is 1. The van der Waals surface area contributed by atoms with Gasteiger partial charge in [-0.2, -0.15) is 0 Å². The van der Waals surface area contributed by atoms with Crippen LogP contribution in [0.2, 0.25) is 0 Å². The van der Waals surface area contributed by atoms with Crippen molar-refractivity contribution in [3.63, 3.8) is 0 Å². The van der Waals surface area contributed by atoms with E-state index in [1.807, 2.05) is 36.4 Å². The highest BCUT2D eigenvalue weighted by Gasteiger charge is 2.34. The zero-order valence-corrected chi connectivity index (χ0v) is 19.8. The minimum absolute atomic E-state index is 0. The normalized spacial score (nSPS) is 18.5. The van der Waals surface area contributed by atoms with Crippen molar-refractivity contribution >= 4 is 29.9 Å². The molecular formula is C23H32IN3O3. The van der Waals surface area contributed by atoms with E-state index in [0.717, 1.165) is 48.8 Å². The highest BCUT2D eigenvalue weighted by Crippen LogP contribution is 2.31. The predicted molar refractivity (Wildman–Crippen MR) is 132 cm³/mol. The zero-order chi connectivity index (χ0) is 20.4. The van der Waals surface area contributed by atoms with Crippen LogP contribution < -0.4 is 15.4 Å². The van der Waals surface area contributed by atoms with Gasteiger partial charge in [0.05, 0.1) is 13.2 Å². The van der Waals surface area contributed by atoms with E-state index in [2.05, 4.69) is 33.8 Å². The molecule has 3 rings (SSSR count). The SMILES string of the molecule is CN=C(NCCOc1ccccc1-c1ccccc1)NCC1(CCO)CCOC1.I. The van der Waals surface area contributed by atoms with E-state index in [9.17, 15) is 5.11 Å². The molecular weight excluding hydrogens is 493 g/mol. The third-order valence-corrected chi connectivity index (χ3v) is 5.31. The van der Waals surface area contributed by atoms with Crippen molar-refractivity contribution in [3.05, 3.63) is 54.6 Å². The van der Waals surface area contributed by atoms with Crippen LogP contribution in [-0.2, 0) is 4.74 Å². The summed E-state index contributed by atoms with van der Waals surface area (Å²) in [6.45, 7) is 3.48. The molecule has 1 unspecified atom stereocenters. The molecule has 1 saturated heterocycles. The minimum atomic E-state index is -0.0164. The van der Waals surface area contributed by atoms with E-state index in [1.165, 1.54) is 0 Å². The molecule has 0 spiro atoms. The fourth-order valence-electron chi connectivity index (χ4n) is 3.58. The minimum Gasteiger partial charge on any atom is -0.491 e. The lowest BCUT2D eigenvalue weighted by Gasteiger charge is -2.27. The second-order valence-electron chi connectivity index (χ2n) is 7.34. The van der Waals surface area contributed by atoms with E-state index in [-0.39, 0.29) is 36.0 Å². The lowest BCUT2D eigenvalue weighted by Crippen LogP contribution is -2.45. The van der Waals surface area contributed by atoms with E-state index in [4.69, 9.17) is 9.47 Å². The number of hydrogen-bond acceptors (Lipinski definition) is 4. The summed E-state index contributed by atoms with van der Waals surface area (Å²) in [5, 5.41) is 16.0. The van der Waals surface area contributed by atoms with Crippen molar-refractivity contribution in [1.29, 1.82) is 0 Å². The summed E-state index contributed by atoms with van der Waals surface area (Å²) in [6.07, 6.45) is 1.69. The Morgan fingerprint density at radius 1 is 1.13 bits per heavy atom. The number of halogens is 1. The number of aliphatic hydroxyl groups excluding tert-OH is 1. The Morgan fingerprint density at radius 2 is 1.90 bits per heavy atom. The fourth-order valence-corrected chi connectivity index (χ4v) is 3.58. The first-order chi connectivity index (χ1) is 14.3. The average Bonchev–Trinajstić information content (AvgIpc) is 3.23. The van der Waals surface area contributed by atoms with Gasteiger partial charge in [0.2, 0.25) is 0 Å². The third kappa shape index (κ3) is 6.85. The summed E-state index contributed by atoms with van der Waals surface area (Å²) in [6, 6.07) is 18.3. The van der Waals surface area contributed by atoms with E-state index in [1.54, 1.807) is 7.05 Å². The molecule has 0 radical (unpaired) electrons. The maximum atomic E-state index is 9.35. The molecule has 3 N–H and O–H groups in total. The molecule has 1 aliphatic rings. The van der Waals surface area contributed by atoms with E-state index >= 15 is 0 Å². The van der Waals surface area contributed by atoms with Crippen LogP contribution in [-0.4, -0.2) is 57.6 Å². The monoisotopic (exact) mass is 525 g/mol. The second kappa shape index (κ2) is 12.8. The Balaban J connectivity index is 0.00000320. The topological polar surface area (TPSA) is 75.1 Å². The van der Waals surface area contributed by atoms with Crippen LogP contribution in [0.3, 0.4) is 0 Å². The Hall–Kier alpha value is -1.84. The van der Waals surface area contributed by atoms with Gasteiger partial charge < -0.3 is 25.2 Å². The lowest BCUT2D eigenvalue weighted by atomic mass is 9.84. The number of hydrogen-bond donors (Lipinski definition) is 3. The summed E-state index contributed by atoms with van der Waals surface area (Å²) in [5.41, 5.74) is 2.21. The van der Waals surface area contributed by atoms with Crippen molar-refractivity contribution in [2.75, 3.05) is 46.6 Å². The van der Waals surface area contributed by atoms with Gasteiger partial charge in [-0.05, 0) is 24.5 Å². The van der Waals surface area contributed by atoms with Gasteiger partial charge in [-0.1, -0.05) is 48.5 Å². The highest BCUT2D eigenvalue weighted by atomic mass is 127. The smallest absolute Gasteiger partial charge is 0.191 e. The standard InChI is InChI=1S/C23H31N3O3.HI/c1-24-22(26-17-23(11-14-27)12-15-28-18-23)25-13-16-29-21-10-6-5-9-20(21)19-7-3-2-4-8-19;/h2-10,27H,11-18H2,1H3,(H2,24,25,26);1H. The van der Waals surface area contributed by atoms with Gasteiger partial charge in [-0.3, -0.25) is 4.99 Å². The zero-order valence-electron chi connectivity index (χ0n) is 17.5. The summed E-state index contributed by atoms with van der Waals surface area (Å²) in [7, 11) is 1.75. The first kappa shape index (κ1) is 24.4.